The van der Waals surface area contributed by atoms with Crippen LogP contribution in [0.1, 0.15) is 18.4 Å². The fourth-order valence-corrected chi connectivity index (χ4v) is 3.03. The van der Waals surface area contributed by atoms with Gasteiger partial charge >= 0.3 is 0 Å². The maximum Gasteiger partial charge on any atom is 0.226 e. The van der Waals surface area contributed by atoms with Crippen LogP contribution in [0.15, 0.2) is 28.7 Å². The van der Waals surface area contributed by atoms with E-state index in [0.29, 0.717) is 17.3 Å². The minimum atomic E-state index is 0.180. The fourth-order valence-electron chi connectivity index (χ4n) is 2.35. The van der Waals surface area contributed by atoms with Crippen LogP contribution in [0.5, 0.6) is 0 Å². The lowest BCUT2D eigenvalue weighted by molar-refractivity contribution is -0.131. The maximum atomic E-state index is 12.2. The van der Waals surface area contributed by atoms with E-state index >= 15 is 0 Å². The zero-order valence-electron chi connectivity index (χ0n) is 10.6. The first-order valence-electron chi connectivity index (χ1n) is 6.38. The van der Waals surface area contributed by atoms with E-state index in [1.54, 1.807) is 0 Å². The highest BCUT2D eigenvalue weighted by molar-refractivity contribution is 9.10. The molecule has 0 unspecified atom stereocenters. The Bertz CT molecular complexity index is 484. The Hall–Kier alpha value is -0.940. The molecule has 1 amide bonds. The molecular weight excluding hydrogens is 324 g/mol. The van der Waals surface area contributed by atoms with Gasteiger partial charge in [0.1, 0.15) is 0 Å². The molecule has 2 rings (SSSR count). The van der Waals surface area contributed by atoms with Gasteiger partial charge in [0.2, 0.25) is 5.91 Å². The lowest BCUT2D eigenvalue weighted by atomic mass is 9.96. The summed E-state index contributed by atoms with van der Waals surface area (Å²) in [6, 6.07) is 7.87. The van der Waals surface area contributed by atoms with Crippen molar-refractivity contribution in [3.05, 3.63) is 34.3 Å². The molecule has 0 aromatic heterocycles. The number of thiocarbonyl (C=S) groups is 1. The Kier molecular flexibility index (Phi) is 4.93. The molecule has 102 valence electrons. The van der Waals surface area contributed by atoms with Crippen LogP contribution in [-0.2, 0) is 11.2 Å². The molecule has 0 radical (unpaired) electrons. The van der Waals surface area contributed by atoms with E-state index in [2.05, 4.69) is 15.9 Å². The van der Waals surface area contributed by atoms with Gasteiger partial charge in [0, 0.05) is 23.5 Å². The van der Waals surface area contributed by atoms with Crippen molar-refractivity contribution in [2.24, 2.45) is 11.7 Å². The molecule has 1 aromatic carbocycles. The number of carbonyl (C=O) groups excluding carboxylic acids is 1. The topological polar surface area (TPSA) is 46.3 Å². The molecule has 0 saturated carbocycles. The normalized spacial score (nSPS) is 16.4. The van der Waals surface area contributed by atoms with Crippen LogP contribution >= 0.6 is 28.1 Å². The summed E-state index contributed by atoms with van der Waals surface area (Å²) in [6.07, 6.45) is 2.23. The maximum absolute atomic E-state index is 12.2. The number of benzene rings is 1. The van der Waals surface area contributed by atoms with Crippen molar-refractivity contribution in [3.63, 3.8) is 0 Å². The summed E-state index contributed by atoms with van der Waals surface area (Å²) >= 11 is 8.43. The zero-order valence-corrected chi connectivity index (χ0v) is 13.0. The highest BCUT2D eigenvalue weighted by Gasteiger charge is 2.24. The lowest BCUT2D eigenvalue weighted by Gasteiger charge is -2.31. The van der Waals surface area contributed by atoms with E-state index < -0.39 is 0 Å². The predicted molar refractivity (Wildman–Crippen MR) is 83.9 cm³/mol. The predicted octanol–water partition coefficient (Wildman–Crippen LogP) is 2.52. The van der Waals surface area contributed by atoms with E-state index in [9.17, 15) is 4.79 Å². The Morgan fingerprint density at radius 1 is 1.42 bits per heavy atom. The van der Waals surface area contributed by atoms with Crippen LogP contribution in [-0.4, -0.2) is 28.9 Å². The number of carbonyl (C=O) groups is 1. The van der Waals surface area contributed by atoms with Crippen molar-refractivity contribution in [1.29, 1.82) is 0 Å². The molecule has 1 aliphatic rings. The Morgan fingerprint density at radius 2 is 2.11 bits per heavy atom. The van der Waals surface area contributed by atoms with E-state index in [1.807, 2.05) is 29.2 Å². The van der Waals surface area contributed by atoms with Crippen LogP contribution in [0.2, 0.25) is 0 Å². The molecule has 2 N–H and O–H groups in total. The van der Waals surface area contributed by atoms with Gasteiger partial charge in [-0.25, -0.2) is 0 Å². The molecule has 1 aromatic rings. The number of hydrogen-bond acceptors (Lipinski definition) is 2. The van der Waals surface area contributed by atoms with Crippen molar-refractivity contribution < 1.29 is 4.79 Å². The number of nitrogens with two attached hydrogens (primary N) is 1. The summed E-state index contributed by atoms with van der Waals surface area (Å²) in [7, 11) is 0. The zero-order chi connectivity index (χ0) is 13.8. The molecular formula is C14H17BrN2OS. The first-order chi connectivity index (χ1) is 9.06. The first kappa shape index (κ1) is 14.5. The van der Waals surface area contributed by atoms with Gasteiger partial charge in [-0.05, 0) is 30.5 Å². The van der Waals surface area contributed by atoms with Gasteiger partial charge in [-0.15, -0.1) is 0 Å². The smallest absolute Gasteiger partial charge is 0.226 e. The molecule has 5 heteroatoms. The number of amides is 1. The third-order valence-electron chi connectivity index (χ3n) is 3.49. The number of hydrogen-bond donors (Lipinski definition) is 1. The number of piperidine rings is 1. The van der Waals surface area contributed by atoms with Crippen molar-refractivity contribution >= 4 is 39.0 Å². The average molecular weight is 341 g/mol. The second-order valence-electron chi connectivity index (χ2n) is 4.86. The van der Waals surface area contributed by atoms with Gasteiger partial charge in [-0.3, -0.25) is 4.79 Å². The first-order valence-corrected chi connectivity index (χ1v) is 7.58. The number of nitrogens with zero attached hydrogens (tertiary/aromatic N) is 1. The van der Waals surface area contributed by atoms with Crippen LogP contribution in [0.4, 0.5) is 0 Å². The summed E-state index contributed by atoms with van der Waals surface area (Å²) in [6.45, 7) is 1.52. The van der Waals surface area contributed by atoms with Gasteiger partial charge in [0.15, 0.2) is 0 Å². The van der Waals surface area contributed by atoms with Crippen LogP contribution in [0, 0.1) is 5.92 Å². The third-order valence-corrected chi connectivity index (χ3v) is 4.32. The van der Waals surface area contributed by atoms with Crippen LogP contribution < -0.4 is 5.73 Å². The summed E-state index contributed by atoms with van der Waals surface area (Å²) in [5.41, 5.74) is 6.69. The average Bonchev–Trinajstić information content (AvgIpc) is 2.39. The van der Waals surface area contributed by atoms with E-state index in [4.69, 9.17) is 18.0 Å². The highest BCUT2D eigenvalue weighted by atomic mass is 79.9. The van der Waals surface area contributed by atoms with Crippen LogP contribution in [0.25, 0.3) is 0 Å². The Labute approximate surface area is 127 Å². The molecule has 0 aliphatic carbocycles. The Morgan fingerprint density at radius 3 is 2.68 bits per heavy atom. The number of likely N-dealkylation sites (tertiary alicyclic amines) is 1. The molecule has 1 fully saturated rings. The standard InChI is InChI=1S/C14H17BrN2OS/c15-12-3-1-2-10(8-12)9-13(18)17-6-4-11(5-7-17)14(16)19/h1-3,8,11H,4-7,9H2,(H2,16,19). The van der Waals surface area contributed by atoms with Gasteiger partial charge in [-0.1, -0.05) is 40.3 Å². The monoisotopic (exact) mass is 340 g/mol. The van der Waals surface area contributed by atoms with Crippen molar-refractivity contribution in [3.8, 4) is 0 Å². The largest absolute Gasteiger partial charge is 0.393 e. The minimum absolute atomic E-state index is 0.180. The van der Waals surface area contributed by atoms with Crippen molar-refractivity contribution in [1.82, 2.24) is 4.90 Å². The van der Waals surface area contributed by atoms with Gasteiger partial charge < -0.3 is 10.6 Å². The second-order valence-corrected chi connectivity index (χ2v) is 6.25. The molecule has 1 heterocycles. The molecule has 3 nitrogen and oxygen atoms in total. The summed E-state index contributed by atoms with van der Waals surface area (Å²) in [5, 5.41) is 0. The van der Waals surface area contributed by atoms with E-state index in [0.717, 1.165) is 36.0 Å². The fraction of sp³-hybridized carbons (Fsp3) is 0.429. The number of rotatable bonds is 3. The van der Waals surface area contributed by atoms with Gasteiger partial charge in [-0.2, -0.15) is 0 Å². The lowest BCUT2D eigenvalue weighted by Crippen LogP contribution is -2.41. The van der Waals surface area contributed by atoms with E-state index in [1.165, 1.54) is 0 Å². The highest BCUT2D eigenvalue weighted by Crippen LogP contribution is 2.19. The summed E-state index contributed by atoms with van der Waals surface area (Å²) < 4.78 is 1.00. The van der Waals surface area contributed by atoms with E-state index in [-0.39, 0.29) is 5.91 Å². The van der Waals surface area contributed by atoms with Crippen LogP contribution in [0.3, 0.4) is 0 Å². The van der Waals surface area contributed by atoms with Crippen molar-refractivity contribution in [2.45, 2.75) is 19.3 Å². The SMILES string of the molecule is NC(=S)C1CCN(C(=O)Cc2cccc(Br)c2)CC1. The quantitative estimate of drug-likeness (QED) is 0.860. The second kappa shape index (κ2) is 6.48. The minimum Gasteiger partial charge on any atom is -0.393 e. The van der Waals surface area contributed by atoms with Gasteiger partial charge in [0.05, 0.1) is 11.4 Å². The number of halogens is 1. The molecule has 0 atom stereocenters. The molecule has 1 aliphatic heterocycles. The molecule has 19 heavy (non-hydrogen) atoms. The molecule has 0 bridgehead atoms. The van der Waals surface area contributed by atoms with Gasteiger partial charge in [0.25, 0.3) is 0 Å². The summed E-state index contributed by atoms with van der Waals surface area (Å²) in [4.78, 5) is 14.7. The molecule has 1 saturated heterocycles. The van der Waals surface area contributed by atoms with Crippen molar-refractivity contribution in [2.75, 3.05) is 13.1 Å². The third kappa shape index (κ3) is 4.01. The molecule has 0 spiro atoms. The summed E-state index contributed by atoms with van der Waals surface area (Å²) in [5.74, 6) is 0.476. The Balaban J connectivity index is 1.90.